The Kier molecular flexibility index (Phi) is 8.20. The van der Waals surface area contributed by atoms with Crippen molar-refractivity contribution in [2.75, 3.05) is 9.80 Å². The van der Waals surface area contributed by atoms with E-state index < -0.39 is 0 Å². The molecule has 5 aromatic rings. The summed E-state index contributed by atoms with van der Waals surface area (Å²) in [6.45, 7) is 5.76. The van der Waals surface area contributed by atoms with Gasteiger partial charge in [0.25, 0.3) is 0 Å². The van der Waals surface area contributed by atoms with E-state index in [0.717, 1.165) is 52.1 Å². The maximum Gasteiger partial charge on any atom is 0.194 e. The molecule has 0 amide bonds. The van der Waals surface area contributed by atoms with E-state index in [1.807, 2.05) is 128 Å². The van der Waals surface area contributed by atoms with Gasteiger partial charge in [0.2, 0.25) is 0 Å². The average molecular weight is 669 g/mol. The van der Waals surface area contributed by atoms with Gasteiger partial charge in [-0.05, 0) is 98.2 Å². The number of rotatable bonds is 7. The van der Waals surface area contributed by atoms with E-state index in [0.29, 0.717) is 39.7 Å². The number of ketones is 2. The van der Waals surface area contributed by atoms with Crippen molar-refractivity contribution in [2.45, 2.75) is 27.2 Å². The van der Waals surface area contributed by atoms with E-state index in [9.17, 15) is 9.59 Å². The molecule has 0 saturated heterocycles. The Bertz CT molecular complexity index is 2300. The molecule has 0 radical (unpaired) electrons. The summed E-state index contributed by atoms with van der Waals surface area (Å²) >= 11 is 0. The molecule has 6 nitrogen and oxygen atoms in total. The Morgan fingerprint density at radius 2 is 1.10 bits per heavy atom. The molecule has 2 heterocycles. The van der Waals surface area contributed by atoms with Gasteiger partial charge in [0.1, 0.15) is 5.76 Å². The molecule has 1 aliphatic carbocycles. The third-order valence-electron chi connectivity index (χ3n) is 9.47. The van der Waals surface area contributed by atoms with Crippen LogP contribution < -0.4 is 19.3 Å². The molecule has 51 heavy (non-hydrogen) atoms. The van der Waals surface area contributed by atoms with Crippen molar-refractivity contribution in [1.29, 1.82) is 0 Å². The molecule has 0 saturated carbocycles. The largest absolute Gasteiger partial charge is 0.457 e. The number of Topliss-reactive ketones (excluding diaryl/α,β-unsaturated/α-hetero) is 2. The normalized spacial score (nSPS) is 16.3. The van der Waals surface area contributed by atoms with Crippen LogP contribution in [0, 0.1) is 5.92 Å². The molecule has 0 unspecified atom stereocenters. The van der Waals surface area contributed by atoms with Crippen LogP contribution in [0.15, 0.2) is 168 Å². The van der Waals surface area contributed by atoms with Crippen LogP contribution in [0.4, 0.5) is 28.4 Å². The number of allylic oxidation sites excluding steroid dienone is 7. The lowest BCUT2D eigenvalue weighted by Crippen LogP contribution is -2.27. The van der Waals surface area contributed by atoms with Crippen molar-refractivity contribution in [3.05, 3.63) is 179 Å². The van der Waals surface area contributed by atoms with Crippen molar-refractivity contribution in [1.82, 2.24) is 0 Å². The highest BCUT2D eigenvalue weighted by atomic mass is 16.5. The molecule has 250 valence electrons. The predicted octanol–water partition coefficient (Wildman–Crippen LogP) is 11.6. The summed E-state index contributed by atoms with van der Waals surface area (Å²) in [6, 6.07) is 38.7. The number of carbonyl (C=O) groups is 2. The van der Waals surface area contributed by atoms with E-state index in [1.54, 1.807) is 19.1 Å². The molecule has 5 aromatic carbocycles. The quantitative estimate of drug-likeness (QED) is 0.0958. The summed E-state index contributed by atoms with van der Waals surface area (Å²) in [7, 11) is 0. The van der Waals surface area contributed by atoms with Crippen molar-refractivity contribution in [3.8, 4) is 17.2 Å². The highest BCUT2D eigenvalue weighted by molar-refractivity contribution is 6.18. The first-order valence-corrected chi connectivity index (χ1v) is 17.2. The number of para-hydroxylation sites is 8. The summed E-state index contributed by atoms with van der Waals surface area (Å²) in [5, 5.41) is 0. The van der Waals surface area contributed by atoms with Gasteiger partial charge in [-0.3, -0.25) is 9.59 Å². The third kappa shape index (κ3) is 5.65. The van der Waals surface area contributed by atoms with Crippen molar-refractivity contribution >= 4 is 40.0 Å². The minimum absolute atomic E-state index is 0.175. The third-order valence-corrected chi connectivity index (χ3v) is 9.47. The maximum atomic E-state index is 14.5. The summed E-state index contributed by atoms with van der Waals surface area (Å²) in [6.07, 6.45) is 8.51. The molecule has 3 aliphatic rings. The molecule has 0 bridgehead atoms. The Morgan fingerprint density at radius 1 is 0.627 bits per heavy atom. The van der Waals surface area contributed by atoms with Crippen LogP contribution in [0.2, 0.25) is 0 Å². The molecular formula is C45H36N2O4. The van der Waals surface area contributed by atoms with Crippen molar-refractivity contribution in [3.63, 3.8) is 0 Å². The molecule has 0 spiro atoms. The molecule has 0 fully saturated rings. The van der Waals surface area contributed by atoms with Gasteiger partial charge in [-0.25, -0.2) is 0 Å². The summed E-state index contributed by atoms with van der Waals surface area (Å²) < 4.78 is 12.6. The van der Waals surface area contributed by atoms with Gasteiger partial charge in [-0.2, -0.15) is 0 Å². The molecule has 0 aromatic heterocycles. The first-order valence-electron chi connectivity index (χ1n) is 17.2. The number of hydrogen-bond acceptors (Lipinski definition) is 6. The van der Waals surface area contributed by atoms with Crippen LogP contribution in [0.1, 0.15) is 47.9 Å². The Balaban J connectivity index is 1.16. The second-order valence-corrected chi connectivity index (χ2v) is 12.9. The summed E-state index contributed by atoms with van der Waals surface area (Å²) in [5.41, 5.74) is 6.84. The van der Waals surface area contributed by atoms with Crippen molar-refractivity contribution < 1.29 is 19.1 Å². The number of carbonyl (C=O) groups excluding carboxylic acids is 2. The molecule has 0 N–H and O–H groups in total. The molecule has 6 heteroatoms. The minimum atomic E-state index is -0.177. The first-order chi connectivity index (χ1) is 24.9. The topological polar surface area (TPSA) is 59.1 Å². The molecule has 1 atom stereocenters. The minimum Gasteiger partial charge on any atom is -0.457 e. The summed E-state index contributed by atoms with van der Waals surface area (Å²) in [4.78, 5) is 33.1. The standard InChI is InChI=1S/C45H36N2O4/c1-4-31(45(49)33-16-6-8-18-35(33)47-38-21-11-14-24-42(38)51-43-27-29(2)25-26-39(43)47)28-30(3)44(48)32-15-5-7-17-34(32)46-36-19-9-12-22-40(36)50-41-23-13-10-20-37(41)46/h4-26,28-29H,27H2,1-3H3/b30-28+,31-4+/t29-/m1/s1. The van der Waals surface area contributed by atoms with Gasteiger partial charge in [0.15, 0.2) is 28.8 Å². The number of anilines is 5. The highest BCUT2D eigenvalue weighted by Gasteiger charge is 2.32. The van der Waals surface area contributed by atoms with Crippen LogP contribution >= 0.6 is 0 Å². The second kappa shape index (κ2) is 13.1. The van der Waals surface area contributed by atoms with Crippen LogP contribution in [0.3, 0.4) is 0 Å². The number of benzene rings is 5. The second-order valence-electron chi connectivity index (χ2n) is 12.9. The Labute approximate surface area is 297 Å². The van der Waals surface area contributed by atoms with Crippen LogP contribution in [0.5, 0.6) is 17.2 Å². The Hall–Kier alpha value is -6.40. The van der Waals surface area contributed by atoms with Gasteiger partial charge < -0.3 is 19.3 Å². The first kappa shape index (κ1) is 31.8. The van der Waals surface area contributed by atoms with E-state index in [1.165, 1.54) is 0 Å². The van der Waals surface area contributed by atoms with E-state index in [-0.39, 0.29) is 11.6 Å². The SMILES string of the molecule is C/C=C(\C=C(/C)C(=O)c1ccccc1N1c2ccccc2Oc2ccccc21)C(=O)c1ccccc1N1C2=C(C[C@H](C)C=C2)Oc2ccccc21. The lowest BCUT2D eigenvalue weighted by molar-refractivity contribution is 0.103. The number of nitrogens with zero attached hydrogens (tertiary/aromatic N) is 2. The number of hydrogen-bond donors (Lipinski definition) is 0. The average Bonchev–Trinajstić information content (AvgIpc) is 3.17. The highest BCUT2D eigenvalue weighted by Crippen LogP contribution is 2.51. The van der Waals surface area contributed by atoms with Crippen LogP contribution in [-0.4, -0.2) is 11.6 Å². The zero-order valence-electron chi connectivity index (χ0n) is 28.7. The van der Waals surface area contributed by atoms with E-state index >= 15 is 0 Å². The van der Waals surface area contributed by atoms with Crippen LogP contribution in [0.25, 0.3) is 0 Å². The molecule has 8 rings (SSSR count). The fraction of sp³-hybridized carbons (Fsp3) is 0.111. The monoisotopic (exact) mass is 668 g/mol. The zero-order valence-corrected chi connectivity index (χ0v) is 28.7. The van der Waals surface area contributed by atoms with Crippen molar-refractivity contribution in [2.24, 2.45) is 5.92 Å². The number of fused-ring (bicyclic) bond motifs is 3. The number of ether oxygens (including phenoxy) is 2. The van der Waals surface area contributed by atoms with Gasteiger partial charge >= 0.3 is 0 Å². The van der Waals surface area contributed by atoms with Gasteiger partial charge in [0.05, 0.1) is 34.1 Å². The lowest BCUT2D eigenvalue weighted by atomic mass is 9.94. The smallest absolute Gasteiger partial charge is 0.194 e. The fourth-order valence-electron chi connectivity index (χ4n) is 6.99. The maximum absolute atomic E-state index is 14.5. The van der Waals surface area contributed by atoms with Gasteiger partial charge in [0, 0.05) is 23.1 Å². The zero-order chi connectivity index (χ0) is 35.1. The van der Waals surface area contributed by atoms with Gasteiger partial charge in [-0.15, -0.1) is 0 Å². The fourth-order valence-corrected chi connectivity index (χ4v) is 6.99. The van der Waals surface area contributed by atoms with Gasteiger partial charge in [-0.1, -0.05) is 79.7 Å². The predicted molar refractivity (Wildman–Crippen MR) is 203 cm³/mol. The summed E-state index contributed by atoms with van der Waals surface area (Å²) in [5.74, 6) is 3.02. The van der Waals surface area contributed by atoms with Crippen LogP contribution in [-0.2, 0) is 0 Å². The molecule has 2 aliphatic heterocycles. The molecular weight excluding hydrogens is 633 g/mol. The van der Waals surface area contributed by atoms with E-state index in [4.69, 9.17) is 9.47 Å². The Morgan fingerprint density at radius 3 is 1.69 bits per heavy atom. The van der Waals surface area contributed by atoms with E-state index in [2.05, 4.69) is 28.9 Å². The lowest BCUT2D eigenvalue weighted by Gasteiger charge is -2.36.